The molecule has 0 rings (SSSR count). The van der Waals surface area contributed by atoms with Gasteiger partial charge in [-0.15, -0.1) is 0 Å². The molecule has 0 aliphatic rings. The molecule has 0 radical (unpaired) electrons. The fourth-order valence-electron chi connectivity index (χ4n) is 6.99. The molecule has 0 bridgehead atoms. The lowest BCUT2D eigenvalue weighted by molar-refractivity contribution is -0.167. The molecule has 0 aliphatic carbocycles. The molecular weight excluding hydrogens is 673 g/mol. The van der Waals surface area contributed by atoms with Gasteiger partial charge in [0, 0.05) is 19.3 Å². The Labute approximate surface area is 336 Å². The van der Waals surface area contributed by atoms with Gasteiger partial charge in [0.2, 0.25) is 0 Å². The van der Waals surface area contributed by atoms with Crippen molar-refractivity contribution in [3.63, 3.8) is 0 Å². The number of carbonyl (C=O) groups is 3. The summed E-state index contributed by atoms with van der Waals surface area (Å²) < 4.78 is 16.7. The minimum absolute atomic E-state index is 0.0666. The summed E-state index contributed by atoms with van der Waals surface area (Å²) in [6.07, 6.45) is 36.6. The number of rotatable bonds is 41. The first kappa shape index (κ1) is 52.4. The van der Waals surface area contributed by atoms with Crippen molar-refractivity contribution in [1.29, 1.82) is 0 Å². The van der Waals surface area contributed by atoms with Gasteiger partial charge in [0.05, 0.1) is 0 Å². The van der Waals surface area contributed by atoms with Gasteiger partial charge in [-0.05, 0) is 37.0 Å². The van der Waals surface area contributed by atoms with Gasteiger partial charge in [0.25, 0.3) is 0 Å². The first-order chi connectivity index (χ1) is 26.2. The quantitative estimate of drug-likeness (QED) is 0.0350. The molecule has 0 amide bonds. The van der Waals surface area contributed by atoms with E-state index < -0.39 is 6.10 Å². The average molecular weight is 765 g/mol. The van der Waals surface area contributed by atoms with Crippen molar-refractivity contribution in [3.05, 3.63) is 0 Å². The van der Waals surface area contributed by atoms with E-state index in [1.165, 1.54) is 135 Å². The van der Waals surface area contributed by atoms with Crippen LogP contribution in [0.3, 0.4) is 0 Å². The Kier molecular flexibility index (Phi) is 38.5. The molecule has 0 fully saturated rings. The van der Waals surface area contributed by atoms with E-state index in [1.54, 1.807) is 0 Å². The average Bonchev–Trinajstić information content (AvgIpc) is 3.15. The zero-order valence-corrected chi connectivity index (χ0v) is 37.0. The summed E-state index contributed by atoms with van der Waals surface area (Å²) in [6, 6.07) is 0. The van der Waals surface area contributed by atoms with Crippen LogP contribution in [0.25, 0.3) is 0 Å². The molecule has 0 aromatic rings. The van der Waals surface area contributed by atoms with E-state index in [-0.39, 0.29) is 31.1 Å². The van der Waals surface area contributed by atoms with Crippen LogP contribution in [0.2, 0.25) is 0 Å². The topological polar surface area (TPSA) is 78.9 Å². The van der Waals surface area contributed by atoms with Gasteiger partial charge < -0.3 is 14.2 Å². The minimum atomic E-state index is -0.762. The SMILES string of the molecule is CCC(C)CCCCCCCCCCC(=O)OC[C@H](COC(=O)CCCCCCCCC(C)CC)OC(=O)CCCCCCCCCCCCCC(C)C. The predicted octanol–water partition coefficient (Wildman–Crippen LogP) is 14.8. The van der Waals surface area contributed by atoms with Crippen LogP contribution in [0.15, 0.2) is 0 Å². The largest absolute Gasteiger partial charge is 0.462 e. The van der Waals surface area contributed by atoms with Crippen LogP contribution in [-0.4, -0.2) is 37.2 Å². The summed E-state index contributed by atoms with van der Waals surface area (Å²) in [5.74, 6) is 1.62. The first-order valence-corrected chi connectivity index (χ1v) is 23.7. The summed E-state index contributed by atoms with van der Waals surface area (Å²) in [6.45, 7) is 13.7. The number of esters is 3. The Hall–Kier alpha value is -1.59. The Morgan fingerprint density at radius 1 is 0.370 bits per heavy atom. The second-order valence-electron chi connectivity index (χ2n) is 17.4. The highest BCUT2D eigenvalue weighted by Gasteiger charge is 2.19. The van der Waals surface area contributed by atoms with E-state index in [0.29, 0.717) is 19.3 Å². The molecule has 0 aromatic carbocycles. The standard InChI is InChI=1S/C48H92O6/c1-7-43(5)35-29-23-17-14-15-18-25-31-37-46(49)52-40-45(41-53-47(50)38-32-26-21-20-24-30-36-44(6)8-2)54-48(51)39-33-27-19-13-11-9-10-12-16-22-28-34-42(3)4/h42-45H,7-41H2,1-6H3/t43?,44?,45-/m1/s1. The highest BCUT2D eigenvalue weighted by molar-refractivity contribution is 5.71. The molecular formula is C48H92O6. The molecule has 54 heavy (non-hydrogen) atoms. The summed E-state index contributed by atoms with van der Waals surface area (Å²) in [7, 11) is 0. The van der Waals surface area contributed by atoms with Crippen LogP contribution in [0, 0.1) is 17.8 Å². The number of unbranched alkanes of at least 4 members (excludes halogenated alkanes) is 22. The lowest BCUT2D eigenvalue weighted by atomic mass is 9.99. The fraction of sp³-hybridized carbons (Fsp3) is 0.938. The molecule has 3 atom stereocenters. The van der Waals surface area contributed by atoms with Gasteiger partial charge in [0.1, 0.15) is 13.2 Å². The Bertz CT molecular complexity index is 841. The van der Waals surface area contributed by atoms with Crippen LogP contribution in [0.5, 0.6) is 0 Å². The van der Waals surface area contributed by atoms with Crippen LogP contribution < -0.4 is 0 Å². The maximum absolute atomic E-state index is 12.7. The van der Waals surface area contributed by atoms with E-state index in [1.807, 2.05) is 0 Å². The molecule has 6 nitrogen and oxygen atoms in total. The van der Waals surface area contributed by atoms with Crippen LogP contribution in [0.1, 0.15) is 253 Å². The maximum Gasteiger partial charge on any atom is 0.306 e. The van der Waals surface area contributed by atoms with Gasteiger partial charge in [-0.2, -0.15) is 0 Å². The van der Waals surface area contributed by atoms with Crippen molar-refractivity contribution < 1.29 is 28.6 Å². The van der Waals surface area contributed by atoms with Gasteiger partial charge in [-0.25, -0.2) is 0 Å². The van der Waals surface area contributed by atoms with Crippen molar-refractivity contribution in [2.75, 3.05) is 13.2 Å². The van der Waals surface area contributed by atoms with E-state index in [0.717, 1.165) is 75.5 Å². The third kappa shape index (κ3) is 38.7. The summed E-state index contributed by atoms with van der Waals surface area (Å²) in [4.78, 5) is 37.8. The molecule has 320 valence electrons. The van der Waals surface area contributed by atoms with Crippen LogP contribution in [0.4, 0.5) is 0 Å². The monoisotopic (exact) mass is 765 g/mol. The summed E-state index contributed by atoms with van der Waals surface area (Å²) in [5.41, 5.74) is 0. The lowest BCUT2D eigenvalue weighted by Gasteiger charge is -2.18. The van der Waals surface area contributed by atoms with Crippen LogP contribution >= 0.6 is 0 Å². The van der Waals surface area contributed by atoms with Gasteiger partial charge in [-0.1, -0.05) is 215 Å². The number of ether oxygens (including phenoxy) is 3. The van der Waals surface area contributed by atoms with Gasteiger partial charge in [-0.3, -0.25) is 14.4 Å². The van der Waals surface area contributed by atoms with Crippen molar-refractivity contribution in [2.24, 2.45) is 17.8 Å². The highest BCUT2D eigenvalue weighted by atomic mass is 16.6. The Morgan fingerprint density at radius 3 is 0.963 bits per heavy atom. The van der Waals surface area contributed by atoms with Crippen LogP contribution in [-0.2, 0) is 28.6 Å². The van der Waals surface area contributed by atoms with Gasteiger partial charge >= 0.3 is 17.9 Å². The lowest BCUT2D eigenvalue weighted by Crippen LogP contribution is -2.30. The molecule has 2 unspecified atom stereocenters. The second-order valence-corrected chi connectivity index (χ2v) is 17.4. The van der Waals surface area contributed by atoms with E-state index in [9.17, 15) is 14.4 Å². The number of hydrogen-bond donors (Lipinski definition) is 0. The predicted molar refractivity (Wildman–Crippen MR) is 229 cm³/mol. The van der Waals surface area contributed by atoms with Gasteiger partial charge in [0.15, 0.2) is 6.10 Å². The molecule has 0 heterocycles. The summed E-state index contributed by atoms with van der Waals surface area (Å²) >= 11 is 0. The number of hydrogen-bond acceptors (Lipinski definition) is 6. The third-order valence-corrected chi connectivity index (χ3v) is 11.4. The normalized spacial score (nSPS) is 13.2. The van der Waals surface area contributed by atoms with Crippen molar-refractivity contribution in [3.8, 4) is 0 Å². The fourth-order valence-corrected chi connectivity index (χ4v) is 6.99. The zero-order valence-electron chi connectivity index (χ0n) is 37.0. The van der Waals surface area contributed by atoms with E-state index >= 15 is 0 Å². The van der Waals surface area contributed by atoms with Crippen molar-refractivity contribution >= 4 is 17.9 Å². The van der Waals surface area contributed by atoms with E-state index in [4.69, 9.17) is 14.2 Å². The van der Waals surface area contributed by atoms with Crippen molar-refractivity contribution in [1.82, 2.24) is 0 Å². The highest BCUT2D eigenvalue weighted by Crippen LogP contribution is 2.18. The molecule has 0 saturated heterocycles. The molecule has 0 aromatic heterocycles. The Morgan fingerprint density at radius 2 is 0.648 bits per heavy atom. The van der Waals surface area contributed by atoms with Crippen molar-refractivity contribution in [2.45, 2.75) is 260 Å². The number of carbonyl (C=O) groups excluding carboxylic acids is 3. The third-order valence-electron chi connectivity index (χ3n) is 11.4. The molecule has 0 N–H and O–H groups in total. The molecule has 0 aliphatic heterocycles. The molecule has 6 heteroatoms. The zero-order chi connectivity index (χ0) is 39.9. The Balaban J connectivity index is 4.36. The maximum atomic E-state index is 12.7. The summed E-state index contributed by atoms with van der Waals surface area (Å²) in [5, 5.41) is 0. The second kappa shape index (κ2) is 39.6. The van der Waals surface area contributed by atoms with E-state index in [2.05, 4.69) is 41.5 Å². The molecule has 0 spiro atoms. The minimum Gasteiger partial charge on any atom is -0.462 e. The first-order valence-electron chi connectivity index (χ1n) is 23.7. The molecule has 0 saturated carbocycles. The smallest absolute Gasteiger partial charge is 0.306 e.